The van der Waals surface area contributed by atoms with Crippen LogP contribution in [0, 0.1) is 0 Å². The number of rotatable bonds is 4. The first kappa shape index (κ1) is 18.8. The van der Waals surface area contributed by atoms with E-state index in [-0.39, 0.29) is 25.0 Å². The minimum Gasteiger partial charge on any atom is -0.448 e. The molecule has 3 aromatic rings. The van der Waals surface area contributed by atoms with Crippen LogP contribution in [0.25, 0.3) is 11.1 Å². The van der Waals surface area contributed by atoms with Crippen molar-refractivity contribution in [3.05, 3.63) is 71.4 Å². The molecule has 1 saturated heterocycles. The summed E-state index contributed by atoms with van der Waals surface area (Å²) in [5, 5.41) is 14.7. The van der Waals surface area contributed by atoms with E-state index in [2.05, 4.69) is 34.4 Å². The molecule has 1 aliphatic carbocycles. The van der Waals surface area contributed by atoms with Crippen molar-refractivity contribution in [2.75, 3.05) is 19.7 Å². The third-order valence-corrected chi connectivity index (χ3v) is 6.02. The molecule has 1 fully saturated rings. The van der Waals surface area contributed by atoms with Gasteiger partial charge in [0.05, 0.1) is 6.54 Å². The number of aliphatic hydroxyl groups is 1. The third kappa shape index (κ3) is 3.06. The molecular formula is C23H23N3O4. The molecule has 1 aliphatic heterocycles. The van der Waals surface area contributed by atoms with Crippen molar-refractivity contribution in [2.45, 2.75) is 31.3 Å². The Morgan fingerprint density at radius 3 is 2.50 bits per heavy atom. The standard InChI is InChI=1S/C23H23N3O4/c1-2-20-24-21(30-25-20)23(28)11-12-26(14-23)22(27)29-13-19-17-9-5-3-7-15(17)16-8-4-6-10-18(16)19/h3-10,19,28H,2,11-14H2,1H3. The Balaban J connectivity index is 1.28. The highest BCUT2D eigenvalue weighted by Gasteiger charge is 2.45. The molecule has 2 aromatic carbocycles. The van der Waals surface area contributed by atoms with Crippen molar-refractivity contribution in [3.8, 4) is 11.1 Å². The molecule has 30 heavy (non-hydrogen) atoms. The first-order chi connectivity index (χ1) is 14.6. The summed E-state index contributed by atoms with van der Waals surface area (Å²) < 4.78 is 10.9. The van der Waals surface area contributed by atoms with Gasteiger partial charge in [0, 0.05) is 25.3 Å². The molecule has 1 atom stereocenters. The molecule has 0 spiro atoms. The zero-order chi connectivity index (χ0) is 20.7. The number of β-amino-alcohol motifs (C(OH)–C–C–N with tert-alkyl or cyclic N) is 1. The molecular weight excluding hydrogens is 382 g/mol. The number of hydrogen-bond acceptors (Lipinski definition) is 6. The lowest BCUT2D eigenvalue weighted by Gasteiger charge is -2.21. The van der Waals surface area contributed by atoms with E-state index < -0.39 is 11.7 Å². The Morgan fingerprint density at radius 2 is 1.87 bits per heavy atom. The number of nitrogens with zero attached hydrogens (tertiary/aromatic N) is 3. The molecule has 5 rings (SSSR count). The molecule has 0 radical (unpaired) electrons. The quantitative estimate of drug-likeness (QED) is 0.715. The number of benzene rings is 2. The van der Waals surface area contributed by atoms with E-state index in [0.29, 0.717) is 25.2 Å². The average Bonchev–Trinajstić information content (AvgIpc) is 3.49. The molecule has 0 saturated carbocycles. The number of carbonyl (C=O) groups excluding carboxylic acids is 1. The summed E-state index contributed by atoms with van der Waals surface area (Å²) in [5.41, 5.74) is 3.39. The van der Waals surface area contributed by atoms with E-state index in [1.54, 1.807) is 0 Å². The Labute approximate surface area is 174 Å². The van der Waals surface area contributed by atoms with Crippen LogP contribution in [-0.2, 0) is 16.8 Å². The van der Waals surface area contributed by atoms with Crippen LogP contribution in [0.1, 0.15) is 42.1 Å². The minimum atomic E-state index is -1.33. The highest BCUT2D eigenvalue weighted by atomic mass is 16.6. The van der Waals surface area contributed by atoms with Crippen LogP contribution in [0.15, 0.2) is 53.1 Å². The summed E-state index contributed by atoms with van der Waals surface area (Å²) in [7, 11) is 0. The van der Waals surface area contributed by atoms with E-state index in [4.69, 9.17) is 9.26 Å². The van der Waals surface area contributed by atoms with Crippen LogP contribution < -0.4 is 0 Å². The maximum absolute atomic E-state index is 12.7. The molecule has 2 heterocycles. The van der Waals surface area contributed by atoms with E-state index in [9.17, 15) is 9.90 Å². The van der Waals surface area contributed by atoms with Crippen molar-refractivity contribution < 1.29 is 19.2 Å². The second kappa shape index (κ2) is 7.25. The molecule has 1 N–H and O–H groups in total. The van der Waals surface area contributed by atoms with E-state index in [0.717, 1.165) is 0 Å². The predicted molar refractivity (Wildman–Crippen MR) is 109 cm³/mol. The minimum absolute atomic E-state index is 0.00545. The van der Waals surface area contributed by atoms with Gasteiger partial charge in [0.15, 0.2) is 11.4 Å². The summed E-state index contributed by atoms with van der Waals surface area (Å²) in [6.07, 6.45) is 0.515. The summed E-state index contributed by atoms with van der Waals surface area (Å²) in [5.74, 6) is 0.706. The van der Waals surface area contributed by atoms with Gasteiger partial charge in [0.2, 0.25) is 0 Å². The topological polar surface area (TPSA) is 88.7 Å². The van der Waals surface area contributed by atoms with Crippen molar-refractivity contribution in [3.63, 3.8) is 0 Å². The zero-order valence-electron chi connectivity index (χ0n) is 16.7. The molecule has 1 aromatic heterocycles. The normalized spacial score (nSPS) is 20.3. The second-order valence-electron chi connectivity index (χ2n) is 7.88. The summed E-state index contributed by atoms with van der Waals surface area (Å²) >= 11 is 0. The fourth-order valence-corrected chi connectivity index (χ4v) is 4.40. The molecule has 1 amide bonds. The number of carbonyl (C=O) groups is 1. The van der Waals surface area contributed by atoms with Crippen LogP contribution in [0.5, 0.6) is 0 Å². The van der Waals surface area contributed by atoms with Gasteiger partial charge in [-0.25, -0.2) is 4.79 Å². The second-order valence-corrected chi connectivity index (χ2v) is 7.88. The Morgan fingerprint density at radius 1 is 1.20 bits per heavy atom. The van der Waals surface area contributed by atoms with Gasteiger partial charge in [-0.3, -0.25) is 0 Å². The Hall–Kier alpha value is -3.19. The number of amides is 1. The molecule has 154 valence electrons. The largest absolute Gasteiger partial charge is 0.448 e. The Bertz CT molecular complexity index is 1050. The van der Waals surface area contributed by atoms with Crippen LogP contribution >= 0.6 is 0 Å². The highest BCUT2D eigenvalue weighted by molar-refractivity contribution is 5.79. The van der Waals surface area contributed by atoms with Crippen LogP contribution in [0.3, 0.4) is 0 Å². The molecule has 2 aliphatic rings. The van der Waals surface area contributed by atoms with Gasteiger partial charge in [0.1, 0.15) is 6.61 Å². The first-order valence-electron chi connectivity index (χ1n) is 10.2. The summed E-state index contributed by atoms with van der Waals surface area (Å²) in [4.78, 5) is 18.5. The third-order valence-electron chi connectivity index (χ3n) is 6.02. The van der Waals surface area contributed by atoms with Crippen molar-refractivity contribution >= 4 is 6.09 Å². The Kier molecular flexibility index (Phi) is 4.55. The number of fused-ring (bicyclic) bond motifs is 3. The van der Waals surface area contributed by atoms with Gasteiger partial charge in [-0.05, 0) is 22.3 Å². The van der Waals surface area contributed by atoms with Gasteiger partial charge in [-0.1, -0.05) is 60.6 Å². The maximum Gasteiger partial charge on any atom is 0.409 e. The lowest BCUT2D eigenvalue weighted by molar-refractivity contribution is 0.0123. The van der Waals surface area contributed by atoms with Gasteiger partial charge < -0.3 is 19.3 Å². The van der Waals surface area contributed by atoms with Crippen molar-refractivity contribution in [1.29, 1.82) is 0 Å². The molecule has 0 bridgehead atoms. The lowest BCUT2D eigenvalue weighted by Crippen LogP contribution is -2.35. The van der Waals surface area contributed by atoms with Gasteiger partial charge in [0.25, 0.3) is 5.89 Å². The lowest BCUT2D eigenvalue weighted by atomic mass is 9.98. The van der Waals surface area contributed by atoms with E-state index >= 15 is 0 Å². The first-order valence-corrected chi connectivity index (χ1v) is 10.2. The van der Waals surface area contributed by atoms with Crippen LogP contribution in [-0.4, -0.2) is 45.9 Å². The van der Waals surface area contributed by atoms with Crippen molar-refractivity contribution in [2.24, 2.45) is 0 Å². The van der Waals surface area contributed by atoms with E-state index in [1.165, 1.54) is 27.2 Å². The van der Waals surface area contributed by atoms with Crippen LogP contribution in [0.4, 0.5) is 4.79 Å². The monoisotopic (exact) mass is 405 g/mol. The van der Waals surface area contributed by atoms with Gasteiger partial charge in [-0.15, -0.1) is 0 Å². The van der Waals surface area contributed by atoms with Crippen molar-refractivity contribution in [1.82, 2.24) is 15.0 Å². The number of hydrogen-bond donors (Lipinski definition) is 1. The smallest absolute Gasteiger partial charge is 0.409 e. The van der Waals surface area contributed by atoms with Gasteiger partial charge in [-0.2, -0.15) is 4.98 Å². The van der Waals surface area contributed by atoms with Crippen LogP contribution in [0.2, 0.25) is 0 Å². The fraction of sp³-hybridized carbons (Fsp3) is 0.348. The van der Waals surface area contributed by atoms with E-state index in [1.807, 2.05) is 31.2 Å². The zero-order valence-corrected chi connectivity index (χ0v) is 16.7. The SMILES string of the molecule is CCc1noc(C2(O)CCN(C(=O)OCC3c4ccccc4-c4ccccc43)C2)n1. The van der Waals surface area contributed by atoms with Gasteiger partial charge >= 0.3 is 6.09 Å². The summed E-state index contributed by atoms with van der Waals surface area (Å²) in [6, 6.07) is 16.4. The highest BCUT2D eigenvalue weighted by Crippen LogP contribution is 2.44. The average molecular weight is 405 g/mol. The molecule has 1 unspecified atom stereocenters. The molecule has 7 heteroatoms. The fourth-order valence-electron chi connectivity index (χ4n) is 4.40. The number of aromatic nitrogens is 2. The number of ether oxygens (including phenoxy) is 1. The molecule has 7 nitrogen and oxygen atoms in total. The maximum atomic E-state index is 12.7. The number of likely N-dealkylation sites (tertiary alicyclic amines) is 1. The number of aryl methyl sites for hydroxylation is 1. The predicted octanol–water partition coefficient (Wildman–Crippen LogP) is 3.47. The summed E-state index contributed by atoms with van der Waals surface area (Å²) in [6.45, 7) is 2.62.